The summed E-state index contributed by atoms with van der Waals surface area (Å²) in [6.07, 6.45) is -2.21. The van der Waals surface area contributed by atoms with Crippen molar-refractivity contribution >= 4 is 23.6 Å². The van der Waals surface area contributed by atoms with E-state index in [-0.39, 0.29) is 35.1 Å². The molecule has 5 rings (SSSR count). The first-order valence-electron chi connectivity index (χ1n) is 15.9. The highest BCUT2D eigenvalue weighted by Crippen LogP contribution is 2.30. The number of amides is 2. The molecule has 4 heterocycles. The van der Waals surface area contributed by atoms with Crippen molar-refractivity contribution in [3.05, 3.63) is 66.0 Å². The third-order valence-corrected chi connectivity index (χ3v) is 7.42. The number of hydrogen-bond donors (Lipinski definition) is 3. The van der Waals surface area contributed by atoms with E-state index in [0.717, 1.165) is 30.5 Å². The van der Waals surface area contributed by atoms with Crippen molar-refractivity contribution < 1.29 is 41.5 Å². The summed E-state index contributed by atoms with van der Waals surface area (Å²) in [4.78, 5) is 32.8. The minimum Gasteiger partial charge on any atom is -0.462 e. The predicted molar refractivity (Wildman–Crippen MR) is 177 cm³/mol. The first kappa shape index (κ1) is 38.0. The first-order chi connectivity index (χ1) is 23.3. The van der Waals surface area contributed by atoms with E-state index in [9.17, 15) is 22.8 Å². The summed E-state index contributed by atoms with van der Waals surface area (Å²) >= 11 is 0. The van der Waals surface area contributed by atoms with Crippen molar-refractivity contribution in [1.29, 1.82) is 0 Å². The number of hydrogen-bond acceptors (Lipinski definition) is 10. The van der Waals surface area contributed by atoms with Crippen LogP contribution in [0.25, 0.3) is 11.4 Å². The zero-order valence-corrected chi connectivity index (χ0v) is 29.0. The summed E-state index contributed by atoms with van der Waals surface area (Å²) in [6, 6.07) is 13.1. The van der Waals surface area contributed by atoms with Crippen molar-refractivity contribution in [3.8, 4) is 17.3 Å². The van der Waals surface area contributed by atoms with Gasteiger partial charge in [-0.2, -0.15) is 18.2 Å². The molecule has 0 spiro atoms. The number of pyridine rings is 1. The summed E-state index contributed by atoms with van der Waals surface area (Å²) in [5.74, 6) is 0.0584. The molecule has 4 aromatic rings. The van der Waals surface area contributed by atoms with Crippen LogP contribution in [0.15, 0.2) is 59.3 Å². The maximum absolute atomic E-state index is 12.6. The van der Waals surface area contributed by atoms with Gasteiger partial charge in [-0.1, -0.05) is 56.3 Å². The summed E-state index contributed by atoms with van der Waals surface area (Å²) in [7, 11) is 0. The highest BCUT2D eigenvalue weighted by molar-refractivity contribution is 5.96. The van der Waals surface area contributed by atoms with Crippen molar-refractivity contribution in [2.24, 2.45) is 0 Å². The van der Waals surface area contributed by atoms with E-state index in [4.69, 9.17) is 18.7 Å². The molecule has 1 aromatic carbocycles. The minimum absolute atomic E-state index is 0.0338. The smallest absolute Gasteiger partial charge is 0.417 e. The lowest BCUT2D eigenvalue weighted by Gasteiger charge is -2.31. The molecular formula is C34H42F3N7O6. The van der Waals surface area contributed by atoms with Gasteiger partial charge in [-0.3, -0.25) is 25.3 Å². The van der Waals surface area contributed by atoms with E-state index < -0.39 is 28.8 Å². The number of H-pyrrole nitrogens is 1. The van der Waals surface area contributed by atoms with E-state index in [1.54, 1.807) is 19.9 Å². The Labute approximate surface area is 287 Å². The van der Waals surface area contributed by atoms with Gasteiger partial charge in [0.15, 0.2) is 11.4 Å². The number of alkyl halides is 3. The fourth-order valence-corrected chi connectivity index (χ4v) is 4.42. The van der Waals surface area contributed by atoms with Gasteiger partial charge in [-0.25, -0.2) is 4.98 Å². The van der Waals surface area contributed by atoms with Gasteiger partial charge < -0.3 is 18.7 Å². The van der Waals surface area contributed by atoms with E-state index in [1.165, 1.54) is 13.8 Å². The molecule has 1 saturated heterocycles. The predicted octanol–water partition coefficient (Wildman–Crippen LogP) is 6.57. The van der Waals surface area contributed by atoms with Crippen LogP contribution in [0.1, 0.15) is 72.6 Å². The number of ether oxygens (including phenoxy) is 3. The number of anilines is 2. The van der Waals surface area contributed by atoms with Crippen LogP contribution in [-0.2, 0) is 30.7 Å². The SMILES string of the molecule is CC(C)(OC1CCOCC1)C(=O)Nc1n[nH]c(-c2ccccc2)n1.CC(C)(Oc1ccc(C(F)(F)F)cn1)C(=O)Nc1cc(C(C)(C)C)no1. The molecule has 16 heteroatoms. The highest BCUT2D eigenvalue weighted by Gasteiger charge is 2.35. The largest absolute Gasteiger partial charge is 0.462 e. The van der Waals surface area contributed by atoms with Crippen LogP contribution in [-0.4, -0.2) is 67.7 Å². The van der Waals surface area contributed by atoms with Gasteiger partial charge in [0.25, 0.3) is 11.8 Å². The second-order valence-corrected chi connectivity index (χ2v) is 13.5. The number of rotatable bonds is 9. The van der Waals surface area contributed by atoms with Gasteiger partial charge >= 0.3 is 6.18 Å². The molecule has 0 atom stereocenters. The van der Waals surface area contributed by atoms with E-state index in [2.05, 4.69) is 36.0 Å². The van der Waals surface area contributed by atoms with Crippen LogP contribution in [0.5, 0.6) is 5.88 Å². The van der Waals surface area contributed by atoms with Crippen LogP contribution >= 0.6 is 0 Å². The number of carbonyl (C=O) groups excluding carboxylic acids is 2. The standard InChI is InChI=1S/C17H20F3N3O3.C17H22N4O3/c1-15(2,3)11-8-13(26-23-11)22-14(24)16(4,5)25-12-7-6-10(9-21-12)17(18,19)20;1-17(2,24-13-8-10-23-11-9-13)15(22)19-16-18-14(20-21-16)12-6-4-3-5-7-12/h6-9H,1-5H3,(H,22,24);3-7,13H,8-11H2,1-2H3,(H2,18,19,20,21,22). The van der Waals surface area contributed by atoms with Crippen LogP contribution in [0, 0.1) is 0 Å². The third-order valence-electron chi connectivity index (χ3n) is 7.42. The Kier molecular flexibility index (Phi) is 11.7. The van der Waals surface area contributed by atoms with Crippen molar-refractivity contribution in [3.63, 3.8) is 0 Å². The first-order valence-corrected chi connectivity index (χ1v) is 15.9. The third kappa shape index (κ3) is 10.6. The van der Waals surface area contributed by atoms with Gasteiger partial charge in [0.1, 0.15) is 5.60 Å². The normalized spacial score (nSPS) is 14.4. The molecule has 1 fully saturated rings. The molecule has 3 N–H and O–H groups in total. The van der Waals surface area contributed by atoms with Crippen molar-refractivity contribution in [1.82, 2.24) is 25.3 Å². The molecule has 1 aliphatic rings. The molecule has 0 saturated carbocycles. The lowest BCUT2D eigenvalue weighted by atomic mass is 9.92. The average molecular weight is 702 g/mol. The Hall–Kier alpha value is -4.83. The number of carbonyl (C=O) groups is 2. The minimum atomic E-state index is -4.49. The van der Waals surface area contributed by atoms with Gasteiger partial charge in [0.05, 0.1) is 17.4 Å². The molecule has 3 aromatic heterocycles. The molecular weight excluding hydrogens is 659 g/mol. The molecule has 270 valence electrons. The van der Waals surface area contributed by atoms with Crippen molar-refractivity contribution in [2.45, 2.75) is 90.2 Å². The summed E-state index contributed by atoms with van der Waals surface area (Å²) in [5, 5.41) is 16.0. The molecule has 2 amide bonds. The molecule has 1 aliphatic heterocycles. The summed E-state index contributed by atoms with van der Waals surface area (Å²) in [5.41, 5.74) is -1.94. The second kappa shape index (κ2) is 15.4. The molecule has 0 aliphatic carbocycles. The summed E-state index contributed by atoms with van der Waals surface area (Å²) in [6.45, 7) is 13.6. The molecule has 50 heavy (non-hydrogen) atoms. The maximum Gasteiger partial charge on any atom is 0.417 e. The monoisotopic (exact) mass is 701 g/mol. The van der Waals surface area contributed by atoms with Crippen LogP contribution < -0.4 is 15.4 Å². The lowest BCUT2D eigenvalue weighted by Crippen LogP contribution is -2.44. The average Bonchev–Trinajstić information content (AvgIpc) is 3.72. The Balaban J connectivity index is 0.000000225. The summed E-state index contributed by atoms with van der Waals surface area (Å²) < 4.78 is 59.4. The molecule has 0 bridgehead atoms. The van der Waals surface area contributed by atoms with Crippen LogP contribution in [0.4, 0.5) is 25.0 Å². The topological polar surface area (TPSA) is 166 Å². The molecule has 13 nitrogen and oxygen atoms in total. The zero-order chi connectivity index (χ0) is 36.7. The maximum atomic E-state index is 12.6. The lowest BCUT2D eigenvalue weighted by molar-refractivity contribution is -0.151. The van der Waals surface area contributed by atoms with Crippen LogP contribution in [0.3, 0.4) is 0 Å². The Morgan fingerprint density at radius 1 is 0.900 bits per heavy atom. The van der Waals surface area contributed by atoms with E-state index >= 15 is 0 Å². The number of benzene rings is 1. The molecule has 0 unspecified atom stereocenters. The van der Waals surface area contributed by atoms with Gasteiger partial charge in [0.2, 0.25) is 17.7 Å². The molecule has 0 radical (unpaired) electrons. The van der Waals surface area contributed by atoms with Crippen molar-refractivity contribution in [2.75, 3.05) is 23.8 Å². The number of nitrogens with one attached hydrogen (secondary N) is 3. The number of aromatic nitrogens is 5. The van der Waals surface area contributed by atoms with E-state index in [0.29, 0.717) is 30.9 Å². The number of nitrogens with zero attached hydrogens (tertiary/aromatic N) is 4. The van der Waals surface area contributed by atoms with Gasteiger partial charge in [-0.15, -0.1) is 5.10 Å². The van der Waals surface area contributed by atoms with Gasteiger partial charge in [-0.05, 0) is 46.6 Å². The van der Waals surface area contributed by atoms with E-state index in [1.807, 2.05) is 51.1 Å². The van der Waals surface area contributed by atoms with Gasteiger partial charge in [0, 0.05) is 42.5 Å². The zero-order valence-electron chi connectivity index (χ0n) is 29.0. The fourth-order valence-electron chi connectivity index (χ4n) is 4.42. The number of halogens is 3. The fraction of sp³-hybridized carbons (Fsp3) is 0.471. The Morgan fingerprint density at radius 2 is 1.56 bits per heavy atom. The quantitative estimate of drug-likeness (QED) is 0.174. The van der Waals surface area contributed by atoms with Crippen LogP contribution in [0.2, 0.25) is 0 Å². The Bertz CT molecular complexity index is 1710. The Morgan fingerprint density at radius 3 is 2.14 bits per heavy atom. The number of aromatic amines is 1. The second-order valence-electron chi connectivity index (χ2n) is 13.5. The highest BCUT2D eigenvalue weighted by atomic mass is 19.4.